The van der Waals surface area contributed by atoms with Gasteiger partial charge in [-0.15, -0.1) is 0 Å². The van der Waals surface area contributed by atoms with E-state index in [1.165, 1.54) is 0 Å². The van der Waals surface area contributed by atoms with Crippen LogP contribution in [0, 0.1) is 0 Å². The Kier molecular flexibility index (Phi) is 5.68. The van der Waals surface area contributed by atoms with Gasteiger partial charge in [-0.1, -0.05) is 13.8 Å². The number of hydrogen-bond donors (Lipinski definition) is 1. The highest BCUT2D eigenvalue weighted by molar-refractivity contribution is 5.80. The minimum absolute atomic E-state index is 0.0902. The van der Waals surface area contributed by atoms with Crippen molar-refractivity contribution in [3.8, 4) is 5.75 Å². The van der Waals surface area contributed by atoms with Gasteiger partial charge in [-0.05, 0) is 26.7 Å². The number of aryl methyl sites for hydroxylation is 1. The van der Waals surface area contributed by atoms with E-state index >= 15 is 0 Å². The van der Waals surface area contributed by atoms with E-state index in [9.17, 15) is 4.79 Å². The quantitative estimate of drug-likeness (QED) is 0.808. The predicted octanol–water partition coefficient (Wildman–Crippen LogP) is 1.98. The second-order valence-corrected chi connectivity index (χ2v) is 4.52. The molecule has 1 heterocycles. The topological polar surface area (TPSA) is 56.1 Å². The Balaban J connectivity index is 2.47. The largest absolute Gasteiger partial charge is 0.478 e. The van der Waals surface area contributed by atoms with E-state index < -0.39 is 6.10 Å². The highest BCUT2D eigenvalue weighted by Crippen LogP contribution is 2.11. The van der Waals surface area contributed by atoms with Gasteiger partial charge >= 0.3 is 0 Å². The number of amides is 1. The van der Waals surface area contributed by atoms with E-state index in [2.05, 4.69) is 17.3 Å². The third-order valence-electron chi connectivity index (χ3n) is 2.75. The van der Waals surface area contributed by atoms with Crippen LogP contribution in [0.25, 0.3) is 0 Å². The molecule has 0 saturated carbocycles. The highest BCUT2D eigenvalue weighted by Gasteiger charge is 2.16. The monoisotopic (exact) mass is 253 g/mol. The first-order valence-corrected chi connectivity index (χ1v) is 6.56. The zero-order chi connectivity index (χ0) is 13.5. The number of nitrogens with zero attached hydrogens (tertiary/aromatic N) is 2. The minimum Gasteiger partial charge on any atom is -0.478 e. The standard InChI is InChI=1S/C13H23N3O2/c1-5-7-16-9-12(8-14-16)18-11(4)13(17)15-10(3)6-2/h8-11H,5-7H2,1-4H3,(H,15,17). The molecule has 0 bridgehead atoms. The molecule has 2 unspecified atom stereocenters. The summed E-state index contributed by atoms with van der Waals surface area (Å²) < 4.78 is 7.37. The van der Waals surface area contributed by atoms with Crippen molar-refractivity contribution in [3.63, 3.8) is 0 Å². The fourth-order valence-corrected chi connectivity index (χ4v) is 1.48. The van der Waals surface area contributed by atoms with Gasteiger partial charge in [0.15, 0.2) is 11.9 Å². The number of carbonyl (C=O) groups is 1. The number of carbonyl (C=O) groups excluding carboxylic acids is 1. The first-order chi connectivity index (χ1) is 8.56. The fourth-order valence-electron chi connectivity index (χ4n) is 1.48. The third kappa shape index (κ3) is 4.39. The maximum Gasteiger partial charge on any atom is 0.260 e. The number of nitrogens with one attached hydrogen (secondary N) is 1. The van der Waals surface area contributed by atoms with E-state index in [1.54, 1.807) is 13.1 Å². The first-order valence-electron chi connectivity index (χ1n) is 6.56. The molecule has 0 fully saturated rings. The summed E-state index contributed by atoms with van der Waals surface area (Å²) in [5, 5.41) is 7.05. The Morgan fingerprint density at radius 3 is 2.83 bits per heavy atom. The van der Waals surface area contributed by atoms with Crippen LogP contribution in [0.3, 0.4) is 0 Å². The maximum absolute atomic E-state index is 11.8. The summed E-state index contributed by atoms with van der Waals surface area (Å²) >= 11 is 0. The van der Waals surface area contributed by atoms with Gasteiger partial charge in [-0.2, -0.15) is 5.10 Å². The Bertz CT molecular complexity index is 376. The average Bonchev–Trinajstić information content (AvgIpc) is 2.76. The molecular weight excluding hydrogens is 230 g/mol. The van der Waals surface area contributed by atoms with Gasteiger partial charge in [0.2, 0.25) is 0 Å². The second kappa shape index (κ2) is 7.03. The smallest absolute Gasteiger partial charge is 0.260 e. The Labute approximate surface area is 109 Å². The molecule has 0 saturated heterocycles. The van der Waals surface area contributed by atoms with Crippen LogP contribution in [0.4, 0.5) is 0 Å². The van der Waals surface area contributed by atoms with Gasteiger partial charge in [-0.3, -0.25) is 9.48 Å². The van der Waals surface area contributed by atoms with Crippen molar-refractivity contribution in [3.05, 3.63) is 12.4 Å². The summed E-state index contributed by atoms with van der Waals surface area (Å²) in [4.78, 5) is 11.8. The van der Waals surface area contributed by atoms with Crippen LogP contribution < -0.4 is 10.1 Å². The molecule has 0 aromatic carbocycles. The molecule has 18 heavy (non-hydrogen) atoms. The molecule has 0 spiro atoms. The molecule has 102 valence electrons. The van der Waals surface area contributed by atoms with E-state index in [-0.39, 0.29) is 11.9 Å². The summed E-state index contributed by atoms with van der Waals surface area (Å²) in [5.41, 5.74) is 0. The van der Waals surface area contributed by atoms with E-state index in [0.29, 0.717) is 5.75 Å². The van der Waals surface area contributed by atoms with Gasteiger partial charge in [0, 0.05) is 12.6 Å². The average molecular weight is 253 g/mol. The lowest BCUT2D eigenvalue weighted by Crippen LogP contribution is -2.40. The molecule has 2 atom stereocenters. The number of aromatic nitrogens is 2. The van der Waals surface area contributed by atoms with Crippen LogP contribution >= 0.6 is 0 Å². The maximum atomic E-state index is 11.8. The van der Waals surface area contributed by atoms with Gasteiger partial charge in [0.25, 0.3) is 5.91 Å². The molecule has 1 rings (SSSR count). The van der Waals surface area contributed by atoms with E-state index in [1.807, 2.05) is 24.7 Å². The summed E-state index contributed by atoms with van der Waals surface area (Å²) in [5.74, 6) is 0.544. The fraction of sp³-hybridized carbons (Fsp3) is 0.692. The van der Waals surface area contributed by atoms with Crippen molar-refractivity contribution in [1.29, 1.82) is 0 Å². The van der Waals surface area contributed by atoms with Crippen LogP contribution in [0.1, 0.15) is 40.5 Å². The molecule has 0 aliphatic rings. The van der Waals surface area contributed by atoms with Crippen molar-refractivity contribution in [1.82, 2.24) is 15.1 Å². The lowest BCUT2D eigenvalue weighted by Gasteiger charge is -2.16. The van der Waals surface area contributed by atoms with E-state index in [0.717, 1.165) is 19.4 Å². The molecule has 0 aliphatic heterocycles. The van der Waals surface area contributed by atoms with Crippen LogP contribution in [0.5, 0.6) is 5.75 Å². The number of rotatable bonds is 7. The third-order valence-corrected chi connectivity index (χ3v) is 2.75. The van der Waals surface area contributed by atoms with Gasteiger partial charge in [0.05, 0.1) is 12.4 Å². The van der Waals surface area contributed by atoms with Crippen molar-refractivity contribution in [2.45, 2.75) is 59.2 Å². The lowest BCUT2D eigenvalue weighted by atomic mass is 10.2. The zero-order valence-corrected chi connectivity index (χ0v) is 11.6. The van der Waals surface area contributed by atoms with Crippen LogP contribution in [0.15, 0.2) is 12.4 Å². The predicted molar refractivity (Wildman–Crippen MR) is 70.5 cm³/mol. The molecular formula is C13H23N3O2. The Morgan fingerprint density at radius 1 is 1.50 bits per heavy atom. The van der Waals surface area contributed by atoms with Gasteiger partial charge in [0.1, 0.15) is 0 Å². The van der Waals surface area contributed by atoms with Crippen molar-refractivity contribution in [2.75, 3.05) is 0 Å². The summed E-state index contributed by atoms with van der Waals surface area (Å²) in [6.07, 6.45) is 4.88. The van der Waals surface area contributed by atoms with Gasteiger partial charge in [-0.25, -0.2) is 0 Å². The minimum atomic E-state index is -0.502. The second-order valence-electron chi connectivity index (χ2n) is 4.52. The summed E-state index contributed by atoms with van der Waals surface area (Å²) in [6, 6.07) is 0.173. The SMILES string of the molecule is CCCn1cc(OC(C)C(=O)NC(C)CC)cn1. The van der Waals surface area contributed by atoms with E-state index in [4.69, 9.17) is 4.74 Å². The first kappa shape index (κ1) is 14.5. The van der Waals surface area contributed by atoms with Crippen LogP contribution in [0.2, 0.25) is 0 Å². The van der Waals surface area contributed by atoms with Crippen LogP contribution in [-0.2, 0) is 11.3 Å². The normalized spacial score (nSPS) is 14.0. The van der Waals surface area contributed by atoms with Crippen molar-refractivity contribution < 1.29 is 9.53 Å². The van der Waals surface area contributed by atoms with Crippen molar-refractivity contribution >= 4 is 5.91 Å². The molecule has 1 aromatic rings. The molecule has 0 radical (unpaired) electrons. The molecule has 1 amide bonds. The van der Waals surface area contributed by atoms with Crippen LogP contribution in [-0.4, -0.2) is 27.8 Å². The molecule has 1 N–H and O–H groups in total. The highest BCUT2D eigenvalue weighted by atomic mass is 16.5. The summed E-state index contributed by atoms with van der Waals surface area (Å²) in [6.45, 7) is 8.70. The molecule has 5 heteroatoms. The molecule has 0 aliphatic carbocycles. The summed E-state index contributed by atoms with van der Waals surface area (Å²) in [7, 11) is 0. The number of ether oxygens (including phenoxy) is 1. The lowest BCUT2D eigenvalue weighted by molar-refractivity contribution is -0.127. The zero-order valence-electron chi connectivity index (χ0n) is 11.6. The van der Waals surface area contributed by atoms with Crippen molar-refractivity contribution in [2.24, 2.45) is 0 Å². The molecule has 5 nitrogen and oxygen atoms in total. The number of hydrogen-bond acceptors (Lipinski definition) is 3. The van der Waals surface area contributed by atoms with Gasteiger partial charge < -0.3 is 10.1 Å². The molecule has 1 aromatic heterocycles. The Morgan fingerprint density at radius 2 is 2.22 bits per heavy atom. The Hall–Kier alpha value is -1.52.